The second kappa shape index (κ2) is 4.08. The van der Waals surface area contributed by atoms with Crippen LogP contribution in [-0.4, -0.2) is 22.9 Å². The molecular weight excluding hydrogens is 283 g/mol. The van der Waals surface area contributed by atoms with Crippen molar-refractivity contribution in [3.05, 3.63) is 15.0 Å². The van der Waals surface area contributed by atoms with Gasteiger partial charge >= 0.3 is 5.97 Å². The summed E-state index contributed by atoms with van der Waals surface area (Å²) in [5, 5.41) is 4.21. The molecular formula is C8H11IN2O2. The number of carbonyl (C=O) groups excluding carboxylic acids is 1. The number of methoxy groups -OCH3 is 1. The van der Waals surface area contributed by atoms with Crippen molar-refractivity contribution in [1.29, 1.82) is 0 Å². The van der Waals surface area contributed by atoms with Crippen LogP contribution in [0.3, 0.4) is 0 Å². The third-order valence-electron chi connectivity index (χ3n) is 1.73. The lowest BCUT2D eigenvalue weighted by molar-refractivity contribution is 0.0585. The predicted octanol–water partition coefficient (Wildman–Crippen LogP) is 1.60. The van der Waals surface area contributed by atoms with Gasteiger partial charge in [-0.2, -0.15) is 5.10 Å². The molecule has 0 fully saturated rings. The summed E-state index contributed by atoms with van der Waals surface area (Å²) in [6.07, 6.45) is 0. The van der Waals surface area contributed by atoms with Crippen molar-refractivity contribution in [3.63, 3.8) is 0 Å². The van der Waals surface area contributed by atoms with E-state index in [4.69, 9.17) is 0 Å². The van der Waals surface area contributed by atoms with Crippen LogP contribution in [0.4, 0.5) is 0 Å². The normalized spacial score (nSPS) is 10.2. The fourth-order valence-corrected chi connectivity index (χ4v) is 1.69. The molecule has 1 rings (SSSR count). The summed E-state index contributed by atoms with van der Waals surface area (Å²) in [6, 6.07) is 0. The lowest BCUT2D eigenvalue weighted by atomic mass is 10.4. The third-order valence-corrected chi connectivity index (χ3v) is 3.02. The van der Waals surface area contributed by atoms with Crippen molar-refractivity contribution in [2.45, 2.75) is 20.4 Å². The highest BCUT2D eigenvalue weighted by Crippen LogP contribution is 2.17. The fourth-order valence-electron chi connectivity index (χ4n) is 1.08. The number of nitrogens with zero attached hydrogens (tertiary/aromatic N) is 2. The van der Waals surface area contributed by atoms with Gasteiger partial charge < -0.3 is 4.74 Å². The molecule has 1 aromatic rings. The summed E-state index contributed by atoms with van der Waals surface area (Å²) < 4.78 is 7.19. The Morgan fingerprint density at radius 1 is 1.69 bits per heavy atom. The molecule has 5 heteroatoms. The molecule has 0 aromatic carbocycles. The van der Waals surface area contributed by atoms with Gasteiger partial charge in [0.15, 0.2) is 5.69 Å². The highest BCUT2D eigenvalue weighted by atomic mass is 127. The molecule has 0 radical (unpaired) electrons. The van der Waals surface area contributed by atoms with Crippen LogP contribution in [0.2, 0.25) is 0 Å². The molecule has 72 valence electrons. The van der Waals surface area contributed by atoms with Gasteiger partial charge in [0.1, 0.15) is 0 Å². The van der Waals surface area contributed by atoms with E-state index in [1.54, 1.807) is 4.68 Å². The molecule has 0 amide bonds. The molecule has 0 aliphatic carbocycles. The van der Waals surface area contributed by atoms with E-state index < -0.39 is 0 Å². The van der Waals surface area contributed by atoms with Crippen LogP contribution in [0.15, 0.2) is 0 Å². The molecule has 0 saturated carbocycles. The van der Waals surface area contributed by atoms with Gasteiger partial charge in [0.05, 0.1) is 16.4 Å². The number of halogens is 1. The highest BCUT2D eigenvalue weighted by molar-refractivity contribution is 14.1. The first-order valence-electron chi connectivity index (χ1n) is 3.93. The number of hydrogen-bond acceptors (Lipinski definition) is 3. The number of aryl methyl sites for hydroxylation is 2. The van der Waals surface area contributed by atoms with Crippen molar-refractivity contribution >= 4 is 28.6 Å². The van der Waals surface area contributed by atoms with Crippen LogP contribution < -0.4 is 0 Å². The lowest BCUT2D eigenvalue weighted by Crippen LogP contribution is -2.11. The Balaban J connectivity index is 3.23. The topological polar surface area (TPSA) is 44.1 Å². The Morgan fingerprint density at radius 3 is 2.77 bits per heavy atom. The van der Waals surface area contributed by atoms with Crippen molar-refractivity contribution in [1.82, 2.24) is 9.78 Å². The van der Waals surface area contributed by atoms with E-state index in [1.165, 1.54) is 7.11 Å². The maximum Gasteiger partial charge on any atom is 0.357 e. The molecule has 1 aromatic heterocycles. The van der Waals surface area contributed by atoms with Gasteiger partial charge in [-0.05, 0) is 36.4 Å². The number of carbonyl (C=O) groups is 1. The number of hydrogen-bond donors (Lipinski definition) is 0. The van der Waals surface area contributed by atoms with Gasteiger partial charge in [-0.1, -0.05) is 0 Å². The predicted molar refractivity (Wildman–Crippen MR) is 56.7 cm³/mol. The molecule has 13 heavy (non-hydrogen) atoms. The minimum absolute atomic E-state index is 0.327. The lowest BCUT2D eigenvalue weighted by Gasteiger charge is -2.01. The zero-order valence-corrected chi connectivity index (χ0v) is 9.95. The summed E-state index contributed by atoms with van der Waals surface area (Å²) in [5.74, 6) is -0.327. The van der Waals surface area contributed by atoms with Crippen LogP contribution in [0, 0.1) is 10.5 Å². The van der Waals surface area contributed by atoms with Crippen molar-refractivity contribution in [3.8, 4) is 0 Å². The first-order chi connectivity index (χ1) is 6.11. The van der Waals surface area contributed by atoms with Crippen LogP contribution >= 0.6 is 22.6 Å². The molecule has 0 saturated heterocycles. The zero-order valence-electron chi connectivity index (χ0n) is 7.80. The number of ether oxygens (including phenoxy) is 1. The maximum absolute atomic E-state index is 11.3. The van der Waals surface area contributed by atoms with E-state index in [-0.39, 0.29) is 5.97 Å². The largest absolute Gasteiger partial charge is 0.464 e. The number of rotatable bonds is 2. The van der Waals surface area contributed by atoms with Gasteiger partial charge in [0, 0.05) is 6.54 Å². The average molecular weight is 294 g/mol. The second-order valence-corrected chi connectivity index (χ2v) is 3.63. The summed E-state index contributed by atoms with van der Waals surface area (Å²) in [4.78, 5) is 11.3. The first kappa shape index (κ1) is 10.5. The van der Waals surface area contributed by atoms with Crippen molar-refractivity contribution in [2.75, 3.05) is 7.11 Å². The quantitative estimate of drug-likeness (QED) is 0.615. The smallest absolute Gasteiger partial charge is 0.357 e. The minimum Gasteiger partial charge on any atom is -0.464 e. The van der Waals surface area contributed by atoms with E-state index >= 15 is 0 Å². The standard InChI is InChI=1S/C8H11IN2O2/c1-4-11-7(8(12)13-3)6(9)5(2)10-11/h4H2,1-3H3. The maximum atomic E-state index is 11.3. The van der Waals surface area contributed by atoms with Crippen molar-refractivity contribution in [2.24, 2.45) is 0 Å². The van der Waals surface area contributed by atoms with Crippen LogP contribution in [0.5, 0.6) is 0 Å². The molecule has 0 aliphatic heterocycles. The average Bonchev–Trinajstić information content (AvgIpc) is 2.42. The van der Waals surface area contributed by atoms with Gasteiger partial charge in [-0.3, -0.25) is 4.68 Å². The number of aromatic nitrogens is 2. The van der Waals surface area contributed by atoms with Gasteiger partial charge in [-0.25, -0.2) is 4.79 Å². The summed E-state index contributed by atoms with van der Waals surface area (Å²) >= 11 is 2.10. The summed E-state index contributed by atoms with van der Waals surface area (Å²) in [5.41, 5.74) is 1.41. The van der Waals surface area contributed by atoms with Gasteiger partial charge in [0.2, 0.25) is 0 Å². The van der Waals surface area contributed by atoms with E-state index in [0.717, 1.165) is 9.26 Å². The van der Waals surface area contributed by atoms with Gasteiger partial charge in [-0.15, -0.1) is 0 Å². The number of esters is 1. The molecule has 4 nitrogen and oxygen atoms in total. The van der Waals surface area contributed by atoms with Crippen LogP contribution in [0.1, 0.15) is 23.1 Å². The summed E-state index contributed by atoms with van der Waals surface area (Å²) in [6.45, 7) is 4.49. The molecule has 0 bridgehead atoms. The highest BCUT2D eigenvalue weighted by Gasteiger charge is 2.19. The Bertz CT molecular complexity index is 333. The van der Waals surface area contributed by atoms with Crippen LogP contribution in [-0.2, 0) is 11.3 Å². The molecule has 0 aliphatic rings. The van der Waals surface area contributed by atoms with E-state index in [1.807, 2.05) is 13.8 Å². The fraction of sp³-hybridized carbons (Fsp3) is 0.500. The minimum atomic E-state index is -0.327. The molecule has 0 spiro atoms. The van der Waals surface area contributed by atoms with Crippen LogP contribution in [0.25, 0.3) is 0 Å². The Labute approximate surface area is 90.4 Å². The Hall–Kier alpha value is -0.590. The Kier molecular flexibility index (Phi) is 3.29. The third kappa shape index (κ3) is 1.84. The van der Waals surface area contributed by atoms with Crippen molar-refractivity contribution < 1.29 is 9.53 Å². The zero-order chi connectivity index (χ0) is 10.0. The molecule has 0 N–H and O–H groups in total. The Morgan fingerprint density at radius 2 is 2.31 bits per heavy atom. The monoisotopic (exact) mass is 294 g/mol. The van der Waals surface area contributed by atoms with E-state index in [9.17, 15) is 4.79 Å². The summed E-state index contributed by atoms with van der Waals surface area (Å²) in [7, 11) is 1.38. The molecule has 0 unspecified atom stereocenters. The molecule has 1 heterocycles. The second-order valence-electron chi connectivity index (χ2n) is 2.56. The molecule has 0 atom stereocenters. The first-order valence-corrected chi connectivity index (χ1v) is 5.00. The van der Waals surface area contributed by atoms with E-state index in [0.29, 0.717) is 12.2 Å². The van der Waals surface area contributed by atoms with E-state index in [2.05, 4.69) is 32.4 Å². The van der Waals surface area contributed by atoms with Gasteiger partial charge in [0.25, 0.3) is 0 Å². The SMILES string of the molecule is CCn1nc(C)c(I)c1C(=O)OC.